The molecule has 0 atom stereocenters. The first-order valence-electron chi connectivity index (χ1n) is 6.10. The number of ether oxygens (including phenoxy) is 1. The summed E-state index contributed by atoms with van der Waals surface area (Å²) in [6.07, 6.45) is 4.15. The van der Waals surface area contributed by atoms with E-state index in [1.165, 1.54) is 23.3 Å². The monoisotopic (exact) mass is 291 g/mol. The largest absolute Gasteiger partial charge is 0.460 e. The molecule has 2 aromatic rings. The minimum absolute atomic E-state index is 0.148. The summed E-state index contributed by atoms with van der Waals surface area (Å²) in [4.78, 5) is 15.5. The van der Waals surface area contributed by atoms with Gasteiger partial charge in [-0.25, -0.2) is 14.5 Å². The molecule has 6 heteroatoms. The normalized spacial score (nSPS) is 11.2. The van der Waals surface area contributed by atoms with Crippen molar-refractivity contribution in [2.75, 3.05) is 0 Å². The van der Waals surface area contributed by atoms with Gasteiger partial charge in [0.25, 0.3) is 0 Å². The average Bonchev–Trinajstić information content (AvgIpc) is 2.84. The number of halogens is 1. The third-order valence-corrected chi connectivity index (χ3v) is 2.54. The van der Waals surface area contributed by atoms with Crippen LogP contribution in [0.4, 0.5) is 0 Å². The molecule has 0 saturated heterocycles. The molecule has 0 unspecified atom stereocenters. The summed E-state index contributed by atoms with van der Waals surface area (Å²) >= 11 is 5.92. The van der Waals surface area contributed by atoms with Crippen molar-refractivity contribution in [2.24, 2.45) is 0 Å². The number of rotatable bonds is 4. The number of hydrogen-bond donors (Lipinski definition) is 0. The number of aromatic nitrogens is 3. The maximum absolute atomic E-state index is 11.4. The lowest BCUT2D eigenvalue weighted by molar-refractivity contribution is -0.141. The van der Waals surface area contributed by atoms with Crippen LogP contribution in [0.3, 0.4) is 0 Å². The fourth-order valence-electron chi connectivity index (χ4n) is 1.52. The highest BCUT2D eigenvalue weighted by molar-refractivity contribution is 6.30. The third-order valence-electron chi connectivity index (χ3n) is 2.31. The topological polar surface area (TPSA) is 57.0 Å². The second kappa shape index (κ2) is 6.34. The summed E-state index contributed by atoms with van der Waals surface area (Å²) in [5.74, 6) is 0.120. The molecule has 0 spiro atoms. The number of hydrogen-bond acceptors (Lipinski definition) is 4. The van der Waals surface area contributed by atoms with Gasteiger partial charge in [0, 0.05) is 22.9 Å². The Labute approximate surface area is 121 Å². The molecular weight excluding hydrogens is 278 g/mol. The highest BCUT2D eigenvalue weighted by atomic mass is 35.5. The van der Waals surface area contributed by atoms with Crippen molar-refractivity contribution in [3.63, 3.8) is 0 Å². The van der Waals surface area contributed by atoms with E-state index in [1.807, 2.05) is 12.1 Å². The second-order valence-electron chi connectivity index (χ2n) is 4.36. The fourth-order valence-corrected chi connectivity index (χ4v) is 1.71. The predicted molar refractivity (Wildman–Crippen MR) is 77.0 cm³/mol. The van der Waals surface area contributed by atoms with Crippen molar-refractivity contribution in [1.29, 1.82) is 0 Å². The zero-order valence-electron chi connectivity index (χ0n) is 11.2. The molecule has 0 aliphatic heterocycles. The van der Waals surface area contributed by atoms with Crippen molar-refractivity contribution in [3.8, 4) is 11.4 Å². The Hall–Kier alpha value is -2.14. The van der Waals surface area contributed by atoms with Crippen LogP contribution in [0.25, 0.3) is 17.6 Å². The van der Waals surface area contributed by atoms with E-state index < -0.39 is 5.97 Å². The molecule has 0 radical (unpaired) electrons. The highest BCUT2D eigenvalue weighted by Gasteiger charge is 2.04. The van der Waals surface area contributed by atoms with Crippen molar-refractivity contribution >= 4 is 23.8 Å². The van der Waals surface area contributed by atoms with Crippen LogP contribution >= 0.6 is 11.6 Å². The molecule has 0 amide bonds. The van der Waals surface area contributed by atoms with Gasteiger partial charge in [-0.15, -0.1) is 5.10 Å². The lowest BCUT2D eigenvalue weighted by atomic mass is 10.2. The van der Waals surface area contributed by atoms with Gasteiger partial charge in [0.1, 0.15) is 6.33 Å². The quantitative estimate of drug-likeness (QED) is 0.642. The molecule has 0 saturated carbocycles. The van der Waals surface area contributed by atoms with E-state index in [1.54, 1.807) is 26.0 Å². The molecule has 0 aliphatic carbocycles. The summed E-state index contributed by atoms with van der Waals surface area (Å²) in [6, 6.07) is 7.25. The van der Waals surface area contributed by atoms with Crippen LogP contribution in [0, 0.1) is 0 Å². The first-order valence-corrected chi connectivity index (χ1v) is 6.48. The first kappa shape index (κ1) is 14.3. The van der Waals surface area contributed by atoms with Gasteiger partial charge < -0.3 is 4.74 Å². The standard InChI is InChI=1S/C14H14ClN3O2/c1-10(2)20-13(19)6-7-18-9-16-14(17-18)11-4-3-5-12(15)8-11/h3-10H,1-2H3/b7-6+. The van der Waals surface area contributed by atoms with Crippen LogP contribution in [0.2, 0.25) is 5.02 Å². The Morgan fingerprint density at radius 2 is 2.25 bits per heavy atom. The van der Waals surface area contributed by atoms with Crippen LogP contribution in [-0.4, -0.2) is 26.8 Å². The SMILES string of the molecule is CC(C)OC(=O)/C=C/n1cnc(-c2cccc(Cl)c2)n1. The lowest BCUT2D eigenvalue weighted by Gasteiger charge is -2.03. The molecule has 2 rings (SSSR count). The van der Waals surface area contributed by atoms with E-state index in [4.69, 9.17) is 16.3 Å². The molecule has 1 aromatic carbocycles. The summed E-state index contributed by atoms with van der Waals surface area (Å²) in [5, 5.41) is 4.85. The number of esters is 1. The van der Waals surface area contributed by atoms with E-state index in [0.717, 1.165) is 5.56 Å². The minimum Gasteiger partial charge on any atom is -0.460 e. The van der Waals surface area contributed by atoms with Crippen LogP contribution in [0.1, 0.15) is 13.8 Å². The molecule has 104 valence electrons. The summed E-state index contributed by atoms with van der Waals surface area (Å²) < 4.78 is 6.42. The van der Waals surface area contributed by atoms with E-state index >= 15 is 0 Å². The average molecular weight is 292 g/mol. The zero-order valence-corrected chi connectivity index (χ0v) is 11.9. The zero-order chi connectivity index (χ0) is 14.5. The van der Waals surface area contributed by atoms with Crippen LogP contribution in [0.15, 0.2) is 36.7 Å². The molecule has 0 fully saturated rings. The fraction of sp³-hybridized carbons (Fsp3) is 0.214. The molecule has 1 heterocycles. The smallest absolute Gasteiger partial charge is 0.332 e. The minimum atomic E-state index is -0.417. The Balaban J connectivity index is 2.10. The Kier molecular flexibility index (Phi) is 4.53. The third kappa shape index (κ3) is 3.93. The Morgan fingerprint density at radius 3 is 2.95 bits per heavy atom. The van der Waals surface area contributed by atoms with Gasteiger partial charge in [-0.3, -0.25) is 0 Å². The first-order chi connectivity index (χ1) is 9.54. The van der Waals surface area contributed by atoms with Gasteiger partial charge in [-0.05, 0) is 26.0 Å². The summed E-state index contributed by atoms with van der Waals surface area (Å²) in [7, 11) is 0. The van der Waals surface area contributed by atoms with Crippen molar-refractivity contribution < 1.29 is 9.53 Å². The van der Waals surface area contributed by atoms with Crippen LogP contribution in [0.5, 0.6) is 0 Å². The van der Waals surface area contributed by atoms with Gasteiger partial charge in [-0.1, -0.05) is 23.7 Å². The van der Waals surface area contributed by atoms with Crippen LogP contribution in [-0.2, 0) is 9.53 Å². The van der Waals surface area contributed by atoms with Gasteiger partial charge >= 0.3 is 5.97 Å². The van der Waals surface area contributed by atoms with E-state index in [2.05, 4.69) is 10.1 Å². The Morgan fingerprint density at radius 1 is 1.45 bits per heavy atom. The van der Waals surface area contributed by atoms with Gasteiger partial charge in [-0.2, -0.15) is 0 Å². The maximum atomic E-state index is 11.4. The van der Waals surface area contributed by atoms with Crippen molar-refractivity contribution in [3.05, 3.63) is 41.7 Å². The molecule has 0 aliphatic rings. The van der Waals surface area contributed by atoms with Crippen LogP contribution < -0.4 is 0 Å². The predicted octanol–water partition coefficient (Wildman–Crippen LogP) is 3.02. The maximum Gasteiger partial charge on any atom is 0.332 e. The lowest BCUT2D eigenvalue weighted by Crippen LogP contribution is -2.08. The molecule has 0 N–H and O–H groups in total. The van der Waals surface area contributed by atoms with E-state index in [9.17, 15) is 4.79 Å². The summed E-state index contributed by atoms with van der Waals surface area (Å²) in [5.41, 5.74) is 0.814. The van der Waals surface area contributed by atoms with Gasteiger partial charge in [0.2, 0.25) is 0 Å². The Bertz CT molecular complexity index is 635. The number of nitrogens with zero attached hydrogens (tertiary/aromatic N) is 3. The molecule has 0 bridgehead atoms. The number of benzene rings is 1. The molecule has 5 nitrogen and oxygen atoms in total. The number of carbonyl (C=O) groups excluding carboxylic acids is 1. The molecule has 20 heavy (non-hydrogen) atoms. The van der Waals surface area contributed by atoms with Crippen molar-refractivity contribution in [2.45, 2.75) is 20.0 Å². The number of carbonyl (C=O) groups is 1. The molecule has 1 aromatic heterocycles. The molecular formula is C14H14ClN3O2. The van der Waals surface area contributed by atoms with Gasteiger partial charge in [0.05, 0.1) is 6.10 Å². The van der Waals surface area contributed by atoms with Crippen molar-refractivity contribution in [1.82, 2.24) is 14.8 Å². The highest BCUT2D eigenvalue weighted by Crippen LogP contribution is 2.18. The second-order valence-corrected chi connectivity index (χ2v) is 4.80. The summed E-state index contributed by atoms with van der Waals surface area (Å²) in [6.45, 7) is 3.58. The van der Waals surface area contributed by atoms with Gasteiger partial charge in [0.15, 0.2) is 5.82 Å². The van der Waals surface area contributed by atoms with E-state index in [-0.39, 0.29) is 6.10 Å². The van der Waals surface area contributed by atoms with E-state index in [0.29, 0.717) is 10.8 Å².